The molecule has 1 aliphatic rings. The topological polar surface area (TPSA) is 50.3 Å². The Bertz CT molecular complexity index is 405. The Morgan fingerprint density at radius 3 is 2.80 bits per heavy atom. The highest BCUT2D eigenvalue weighted by molar-refractivity contribution is 5.17. The maximum absolute atomic E-state index is 5.66. The van der Waals surface area contributed by atoms with Gasteiger partial charge in [-0.3, -0.25) is 4.90 Å². The number of nitrogens with zero attached hydrogens (tertiary/aromatic N) is 3. The summed E-state index contributed by atoms with van der Waals surface area (Å²) >= 11 is 0. The van der Waals surface area contributed by atoms with Gasteiger partial charge in [0.15, 0.2) is 0 Å². The fourth-order valence-electron chi connectivity index (χ4n) is 2.42. The molecule has 2 rings (SSSR count). The fourth-order valence-corrected chi connectivity index (χ4v) is 2.42. The highest BCUT2D eigenvalue weighted by Gasteiger charge is 2.10. The molecule has 5 nitrogen and oxygen atoms in total. The van der Waals surface area contributed by atoms with E-state index < -0.39 is 0 Å². The normalized spacial score (nSPS) is 16.3. The van der Waals surface area contributed by atoms with Gasteiger partial charge >= 0.3 is 6.01 Å². The van der Waals surface area contributed by atoms with Crippen LogP contribution < -0.4 is 10.1 Å². The van der Waals surface area contributed by atoms with Crippen LogP contribution >= 0.6 is 0 Å². The third-order valence-electron chi connectivity index (χ3n) is 3.71. The second-order valence-electron chi connectivity index (χ2n) is 5.29. The summed E-state index contributed by atoms with van der Waals surface area (Å²) in [6.45, 7) is 9.91. The Morgan fingerprint density at radius 2 is 2.10 bits per heavy atom. The minimum Gasteiger partial charge on any atom is -0.462 e. The Balaban J connectivity index is 1.76. The lowest BCUT2D eigenvalue weighted by Gasteiger charge is -2.25. The Kier molecular flexibility index (Phi) is 6.21. The van der Waals surface area contributed by atoms with Crippen LogP contribution in [-0.2, 0) is 6.54 Å². The summed E-state index contributed by atoms with van der Waals surface area (Å²) in [7, 11) is 0. The van der Waals surface area contributed by atoms with Crippen LogP contribution in [0.3, 0.4) is 0 Å². The van der Waals surface area contributed by atoms with Crippen molar-refractivity contribution in [1.29, 1.82) is 0 Å². The molecule has 1 saturated heterocycles. The molecule has 1 aliphatic heterocycles. The van der Waals surface area contributed by atoms with Crippen LogP contribution in [0.2, 0.25) is 0 Å². The van der Waals surface area contributed by atoms with Crippen molar-refractivity contribution < 1.29 is 4.74 Å². The van der Waals surface area contributed by atoms with Gasteiger partial charge in [-0.15, -0.1) is 0 Å². The first kappa shape index (κ1) is 15.2. The Hall–Kier alpha value is -1.20. The van der Waals surface area contributed by atoms with E-state index in [-0.39, 0.29) is 0 Å². The van der Waals surface area contributed by atoms with Crippen LogP contribution in [0.1, 0.15) is 37.4 Å². The molecule has 0 saturated carbocycles. The first-order valence-electron chi connectivity index (χ1n) is 7.68. The Morgan fingerprint density at radius 1 is 1.30 bits per heavy atom. The monoisotopic (exact) mass is 278 g/mol. The van der Waals surface area contributed by atoms with Crippen molar-refractivity contribution in [3.8, 4) is 6.01 Å². The quantitative estimate of drug-likeness (QED) is 0.823. The van der Waals surface area contributed by atoms with Gasteiger partial charge in [-0.25, -0.2) is 9.97 Å². The van der Waals surface area contributed by atoms with Gasteiger partial charge < -0.3 is 10.1 Å². The lowest BCUT2D eigenvalue weighted by atomic mass is 10.1. The van der Waals surface area contributed by atoms with Crippen LogP contribution in [0.4, 0.5) is 0 Å². The number of aromatic nitrogens is 2. The summed E-state index contributed by atoms with van der Waals surface area (Å²) in [6, 6.07) is 0.500. The molecule has 1 N–H and O–H groups in total. The lowest BCUT2D eigenvalue weighted by molar-refractivity contribution is 0.177. The van der Waals surface area contributed by atoms with Crippen molar-refractivity contribution in [1.82, 2.24) is 20.2 Å². The van der Waals surface area contributed by atoms with E-state index in [0.29, 0.717) is 12.6 Å². The minimum atomic E-state index is 0.500. The summed E-state index contributed by atoms with van der Waals surface area (Å²) in [5.41, 5.74) is 2.13. The maximum Gasteiger partial charge on any atom is 0.316 e. The zero-order valence-corrected chi connectivity index (χ0v) is 12.7. The molecule has 2 heterocycles. The van der Waals surface area contributed by atoms with Crippen LogP contribution in [0, 0.1) is 6.92 Å². The lowest BCUT2D eigenvalue weighted by Crippen LogP contribution is -2.33. The third-order valence-corrected chi connectivity index (χ3v) is 3.71. The summed E-state index contributed by atoms with van der Waals surface area (Å²) in [5.74, 6) is 0. The van der Waals surface area contributed by atoms with Crippen LogP contribution in [0.25, 0.3) is 0 Å². The molecule has 1 aromatic heterocycles. The molecule has 5 heteroatoms. The molecule has 1 fully saturated rings. The number of ether oxygens (including phenoxy) is 1. The van der Waals surface area contributed by atoms with Gasteiger partial charge in [0.2, 0.25) is 0 Å². The highest BCUT2D eigenvalue weighted by atomic mass is 16.5. The summed E-state index contributed by atoms with van der Waals surface area (Å²) in [4.78, 5) is 11.2. The van der Waals surface area contributed by atoms with Crippen molar-refractivity contribution in [2.24, 2.45) is 0 Å². The predicted molar refractivity (Wildman–Crippen MR) is 79.9 cm³/mol. The van der Waals surface area contributed by atoms with Crippen LogP contribution in [-0.4, -0.2) is 47.7 Å². The number of likely N-dealkylation sites (tertiary alicyclic amines) is 1. The smallest absolute Gasteiger partial charge is 0.316 e. The molecule has 20 heavy (non-hydrogen) atoms. The van der Waals surface area contributed by atoms with E-state index in [1.165, 1.54) is 32.4 Å². The predicted octanol–water partition coefficient (Wildman–Crippen LogP) is 1.76. The average molecular weight is 278 g/mol. The van der Waals surface area contributed by atoms with Crippen molar-refractivity contribution in [2.75, 3.05) is 32.8 Å². The molecule has 0 bridgehead atoms. The molecule has 0 atom stereocenters. The number of rotatable bonds is 7. The molecule has 0 amide bonds. The van der Waals surface area contributed by atoms with E-state index in [9.17, 15) is 0 Å². The van der Waals surface area contributed by atoms with E-state index in [2.05, 4.69) is 27.1 Å². The van der Waals surface area contributed by atoms with Gasteiger partial charge in [-0.05, 0) is 39.4 Å². The summed E-state index contributed by atoms with van der Waals surface area (Å²) < 4.78 is 5.66. The van der Waals surface area contributed by atoms with E-state index in [0.717, 1.165) is 30.9 Å². The molecular formula is C15H26N4O. The molecule has 1 aromatic rings. The van der Waals surface area contributed by atoms with E-state index in [4.69, 9.17) is 4.74 Å². The molecule has 0 unspecified atom stereocenters. The molecule has 0 aromatic carbocycles. The van der Waals surface area contributed by atoms with Gasteiger partial charge in [-0.2, -0.15) is 0 Å². The first-order valence-corrected chi connectivity index (χ1v) is 7.68. The summed E-state index contributed by atoms with van der Waals surface area (Å²) in [6.07, 6.45) is 5.86. The third kappa shape index (κ3) is 4.72. The minimum absolute atomic E-state index is 0.500. The van der Waals surface area contributed by atoms with Crippen molar-refractivity contribution in [3.63, 3.8) is 0 Å². The largest absolute Gasteiger partial charge is 0.462 e. The maximum atomic E-state index is 5.66. The van der Waals surface area contributed by atoms with Gasteiger partial charge in [-0.1, -0.05) is 13.3 Å². The number of hydrogen-bond acceptors (Lipinski definition) is 5. The average Bonchev–Trinajstić information content (AvgIpc) is 2.47. The molecule has 0 aliphatic carbocycles. The zero-order chi connectivity index (χ0) is 14.2. The summed E-state index contributed by atoms with van der Waals surface area (Å²) in [5, 5.41) is 3.28. The number of aryl methyl sites for hydroxylation is 1. The van der Waals surface area contributed by atoms with E-state index in [1.807, 2.05) is 13.1 Å². The van der Waals surface area contributed by atoms with Gasteiger partial charge in [0.1, 0.15) is 6.61 Å². The Labute approximate surface area is 121 Å². The molecule has 0 spiro atoms. The van der Waals surface area contributed by atoms with Gasteiger partial charge in [0.05, 0.1) is 0 Å². The SMILES string of the molecule is CCNCc1cnc(OCCN2CCCCC2)nc1C. The van der Waals surface area contributed by atoms with Gasteiger partial charge in [0.25, 0.3) is 0 Å². The number of piperidine rings is 1. The fraction of sp³-hybridized carbons (Fsp3) is 0.733. The zero-order valence-electron chi connectivity index (χ0n) is 12.7. The van der Waals surface area contributed by atoms with Gasteiger partial charge in [0, 0.05) is 30.5 Å². The van der Waals surface area contributed by atoms with Crippen molar-refractivity contribution in [3.05, 3.63) is 17.5 Å². The van der Waals surface area contributed by atoms with E-state index >= 15 is 0 Å². The number of nitrogens with one attached hydrogen (secondary N) is 1. The number of hydrogen-bond donors (Lipinski definition) is 1. The van der Waals surface area contributed by atoms with Crippen molar-refractivity contribution >= 4 is 0 Å². The van der Waals surface area contributed by atoms with Crippen LogP contribution in [0.5, 0.6) is 6.01 Å². The van der Waals surface area contributed by atoms with Crippen LogP contribution in [0.15, 0.2) is 6.20 Å². The van der Waals surface area contributed by atoms with Crippen molar-refractivity contribution in [2.45, 2.75) is 39.7 Å². The first-order chi connectivity index (χ1) is 9.79. The second-order valence-corrected chi connectivity index (χ2v) is 5.29. The second kappa shape index (κ2) is 8.17. The standard InChI is InChI=1S/C15H26N4O/c1-3-16-11-14-12-17-15(18-13(14)2)20-10-9-19-7-5-4-6-8-19/h12,16H,3-11H2,1-2H3. The molecule has 112 valence electrons. The highest BCUT2D eigenvalue weighted by Crippen LogP contribution is 2.10. The van der Waals surface area contributed by atoms with E-state index in [1.54, 1.807) is 0 Å². The molecular weight excluding hydrogens is 252 g/mol. The molecule has 0 radical (unpaired) electrons.